The highest BCUT2D eigenvalue weighted by atomic mass is 16.3. The highest BCUT2D eigenvalue weighted by Gasteiger charge is 2.21. The van der Waals surface area contributed by atoms with E-state index in [-0.39, 0.29) is 24.1 Å². The van der Waals surface area contributed by atoms with Crippen LogP contribution >= 0.6 is 0 Å². The molecule has 4 rings (SSSR count). The van der Waals surface area contributed by atoms with Crippen LogP contribution in [0.1, 0.15) is 31.3 Å². The fraction of sp³-hybridized carbons (Fsp3) is 0.300. The van der Waals surface area contributed by atoms with Gasteiger partial charge >= 0.3 is 0 Å². The molecule has 0 atom stereocenters. The predicted octanol–water partition coefficient (Wildman–Crippen LogP) is 2.54. The van der Waals surface area contributed by atoms with Crippen LogP contribution in [-0.4, -0.2) is 25.2 Å². The minimum absolute atomic E-state index is 0.0542. The van der Waals surface area contributed by atoms with Crippen molar-refractivity contribution in [1.29, 1.82) is 0 Å². The summed E-state index contributed by atoms with van der Waals surface area (Å²) in [4.78, 5) is 29.5. The van der Waals surface area contributed by atoms with Crippen LogP contribution in [0.15, 0.2) is 45.9 Å². The molecule has 0 saturated carbocycles. The molecule has 0 aromatic carbocycles. The first-order chi connectivity index (χ1) is 13.5. The summed E-state index contributed by atoms with van der Waals surface area (Å²) >= 11 is 0. The number of amides is 1. The van der Waals surface area contributed by atoms with Crippen LogP contribution < -0.4 is 10.9 Å². The lowest BCUT2D eigenvalue weighted by atomic mass is 10.3. The number of aryl methyl sites for hydroxylation is 1. The van der Waals surface area contributed by atoms with Crippen LogP contribution in [-0.2, 0) is 17.9 Å². The quantitative estimate of drug-likeness (QED) is 0.575. The second-order valence-corrected chi connectivity index (χ2v) is 7.00. The van der Waals surface area contributed by atoms with Crippen LogP contribution in [0.5, 0.6) is 0 Å². The van der Waals surface area contributed by atoms with Crippen LogP contribution in [0.25, 0.3) is 22.0 Å². The first kappa shape index (κ1) is 18.0. The van der Waals surface area contributed by atoms with Crippen molar-refractivity contribution in [1.82, 2.24) is 24.6 Å². The van der Waals surface area contributed by atoms with Crippen molar-refractivity contribution in [3.63, 3.8) is 0 Å². The van der Waals surface area contributed by atoms with E-state index in [4.69, 9.17) is 4.42 Å². The molecule has 0 fully saturated rings. The van der Waals surface area contributed by atoms with Crippen molar-refractivity contribution in [2.24, 2.45) is 0 Å². The normalized spacial score (nSPS) is 11.6. The average molecular weight is 379 g/mol. The van der Waals surface area contributed by atoms with E-state index in [0.29, 0.717) is 23.0 Å². The molecule has 144 valence electrons. The molecule has 4 aromatic heterocycles. The average Bonchev–Trinajstić information content (AvgIpc) is 3.18. The second kappa shape index (κ2) is 6.95. The molecule has 0 bridgehead atoms. The molecule has 4 heterocycles. The van der Waals surface area contributed by atoms with Crippen LogP contribution in [0.3, 0.4) is 0 Å². The largest absolute Gasteiger partial charge is 0.459 e. The van der Waals surface area contributed by atoms with Crippen LogP contribution in [0, 0.1) is 6.92 Å². The van der Waals surface area contributed by atoms with Gasteiger partial charge in [0.05, 0.1) is 29.3 Å². The van der Waals surface area contributed by atoms with E-state index in [0.717, 1.165) is 17.0 Å². The Balaban J connectivity index is 1.67. The number of fused-ring (bicyclic) bond motifs is 3. The van der Waals surface area contributed by atoms with E-state index in [1.165, 1.54) is 4.68 Å². The zero-order valence-corrected chi connectivity index (χ0v) is 16.0. The van der Waals surface area contributed by atoms with Crippen molar-refractivity contribution < 1.29 is 9.21 Å². The number of hydrogen-bond acceptors (Lipinski definition) is 5. The number of nitrogens with zero attached hydrogens (tertiary/aromatic N) is 4. The van der Waals surface area contributed by atoms with E-state index in [2.05, 4.69) is 15.4 Å². The van der Waals surface area contributed by atoms with Gasteiger partial charge in [0.15, 0.2) is 5.58 Å². The van der Waals surface area contributed by atoms with Gasteiger partial charge in [-0.2, -0.15) is 5.10 Å². The summed E-state index contributed by atoms with van der Waals surface area (Å²) in [6.07, 6.45) is 3.26. The number of furan rings is 1. The Bertz CT molecular complexity index is 1220. The maximum atomic E-state index is 13.1. The number of aromatic nitrogens is 4. The molecule has 1 amide bonds. The number of carbonyl (C=O) groups is 1. The molecule has 0 unspecified atom stereocenters. The lowest BCUT2D eigenvalue weighted by Crippen LogP contribution is -2.34. The monoisotopic (exact) mass is 379 g/mol. The van der Waals surface area contributed by atoms with E-state index in [1.807, 2.05) is 49.6 Å². The minimum Gasteiger partial charge on any atom is -0.459 e. The second-order valence-electron chi connectivity index (χ2n) is 7.00. The van der Waals surface area contributed by atoms with Crippen molar-refractivity contribution in [3.05, 3.63) is 58.5 Å². The first-order valence-corrected chi connectivity index (χ1v) is 9.12. The van der Waals surface area contributed by atoms with E-state index < -0.39 is 0 Å². The number of nitrogens with one attached hydrogen (secondary N) is 1. The third-order valence-electron chi connectivity index (χ3n) is 4.60. The molecule has 0 saturated heterocycles. The summed E-state index contributed by atoms with van der Waals surface area (Å²) in [6.45, 7) is 6.02. The number of carbonyl (C=O) groups excluding carboxylic acids is 1. The molecule has 0 aliphatic heterocycles. The molecular formula is C20H21N5O3. The zero-order chi connectivity index (χ0) is 19.8. The molecule has 8 nitrogen and oxygen atoms in total. The molecule has 0 aliphatic rings. The molecule has 1 N–H and O–H groups in total. The summed E-state index contributed by atoms with van der Waals surface area (Å²) in [5, 5.41) is 7.61. The molecule has 28 heavy (non-hydrogen) atoms. The maximum Gasteiger partial charge on any atom is 0.291 e. The van der Waals surface area contributed by atoms with Crippen LogP contribution in [0.4, 0.5) is 0 Å². The van der Waals surface area contributed by atoms with Gasteiger partial charge in [0.25, 0.3) is 5.56 Å². The van der Waals surface area contributed by atoms with Gasteiger partial charge in [-0.05, 0) is 32.9 Å². The van der Waals surface area contributed by atoms with Gasteiger partial charge in [-0.3, -0.25) is 14.6 Å². The highest BCUT2D eigenvalue weighted by Crippen LogP contribution is 2.31. The smallest absolute Gasteiger partial charge is 0.291 e. The number of rotatable bonds is 5. The summed E-state index contributed by atoms with van der Waals surface area (Å²) in [5.41, 5.74) is 2.44. The molecule has 0 radical (unpaired) electrons. The summed E-state index contributed by atoms with van der Waals surface area (Å²) < 4.78 is 8.90. The van der Waals surface area contributed by atoms with Gasteiger partial charge in [0.1, 0.15) is 17.8 Å². The van der Waals surface area contributed by atoms with E-state index in [9.17, 15) is 9.59 Å². The molecule has 4 aromatic rings. The van der Waals surface area contributed by atoms with Gasteiger partial charge in [0.2, 0.25) is 5.91 Å². The fourth-order valence-electron chi connectivity index (χ4n) is 3.40. The van der Waals surface area contributed by atoms with Crippen molar-refractivity contribution in [2.45, 2.75) is 39.9 Å². The van der Waals surface area contributed by atoms with Crippen molar-refractivity contribution >= 4 is 27.9 Å². The van der Waals surface area contributed by atoms with E-state index >= 15 is 0 Å². The Labute approximate surface area is 160 Å². The highest BCUT2D eigenvalue weighted by molar-refractivity contribution is 6.04. The van der Waals surface area contributed by atoms with Gasteiger partial charge in [-0.1, -0.05) is 6.07 Å². The Hall–Kier alpha value is -3.42. The van der Waals surface area contributed by atoms with Gasteiger partial charge in [-0.25, -0.2) is 4.68 Å². The fourth-order valence-corrected chi connectivity index (χ4v) is 3.40. The number of hydrogen-bond donors (Lipinski definition) is 1. The van der Waals surface area contributed by atoms with Crippen molar-refractivity contribution in [3.8, 4) is 0 Å². The summed E-state index contributed by atoms with van der Waals surface area (Å²) in [5.74, 6) is 0.473. The Kier molecular flexibility index (Phi) is 4.46. The molecule has 0 aliphatic carbocycles. The SMILES string of the molecule is Cc1cc2c(o1)c1cnn(CC(=O)NCc3ccccn3)c(=O)c1n2C(C)C. The Morgan fingerprint density at radius 2 is 2.14 bits per heavy atom. The number of pyridine rings is 1. The van der Waals surface area contributed by atoms with Gasteiger partial charge in [0, 0.05) is 18.3 Å². The summed E-state index contributed by atoms with van der Waals surface area (Å²) in [6, 6.07) is 7.46. The van der Waals surface area contributed by atoms with Crippen molar-refractivity contribution in [2.75, 3.05) is 0 Å². The van der Waals surface area contributed by atoms with E-state index in [1.54, 1.807) is 12.4 Å². The zero-order valence-electron chi connectivity index (χ0n) is 16.0. The Morgan fingerprint density at radius 1 is 1.32 bits per heavy atom. The minimum atomic E-state index is -0.316. The lowest BCUT2D eigenvalue weighted by Gasteiger charge is -2.11. The molecule has 0 spiro atoms. The molecule has 8 heteroatoms. The van der Waals surface area contributed by atoms with Gasteiger partial charge in [-0.15, -0.1) is 0 Å². The Morgan fingerprint density at radius 3 is 2.86 bits per heavy atom. The summed E-state index contributed by atoms with van der Waals surface area (Å²) in [7, 11) is 0. The third-order valence-corrected chi connectivity index (χ3v) is 4.60. The lowest BCUT2D eigenvalue weighted by molar-refractivity contribution is -0.122. The first-order valence-electron chi connectivity index (χ1n) is 9.12. The topological polar surface area (TPSA) is 95.0 Å². The third kappa shape index (κ3) is 3.06. The molecular weight excluding hydrogens is 358 g/mol. The predicted molar refractivity (Wildman–Crippen MR) is 105 cm³/mol. The maximum absolute atomic E-state index is 13.1. The van der Waals surface area contributed by atoms with Gasteiger partial charge < -0.3 is 14.3 Å². The standard InChI is InChI=1S/C20H21N5O3/c1-12(2)25-16-8-13(3)28-19(16)15-10-23-24(20(27)18(15)25)11-17(26)22-9-14-6-4-5-7-21-14/h4-8,10,12H,9,11H2,1-3H3,(H,22,26). The van der Waals surface area contributed by atoms with Crippen LogP contribution in [0.2, 0.25) is 0 Å².